The van der Waals surface area contributed by atoms with Crippen molar-refractivity contribution < 1.29 is 28.6 Å². The normalized spacial score (nSPS) is 21.2. The van der Waals surface area contributed by atoms with E-state index in [1.807, 2.05) is 0 Å². The van der Waals surface area contributed by atoms with Gasteiger partial charge in [0.25, 0.3) is 0 Å². The Kier molecular flexibility index (Phi) is 37.2. The van der Waals surface area contributed by atoms with Crippen LogP contribution < -0.4 is 0 Å². The molecule has 7 heteroatoms. The molecule has 0 aromatic heterocycles. The number of esters is 3. The fraction of sp³-hybridized carbons (Fsp3) is 0.952. The molecule has 0 aromatic rings. The molecule has 6 atom stereocenters. The highest BCUT2D eigenvalue weighted by Crippen LogP contribution is 2.47. The highest BCUT2D eigenvalue weighted by molar-refractivity contribution is 9.09. The van der Waals surface area contributed by atoms with E-state index >= 15 is 0 Å². The van der Waals surface area contributed by atoms with Crippen LogP contribution in [0.25, 0.3) is 0 Å². The monoisotopic (exact) mass is 1030 g/mol. The van der Waals surface area contributed by atoms with Gasteiger partial charge in [-0.05, 0) is 74.0 Å². The molecule has 6 nitrogen and oxygen atoms in total. The Morgan fingerprint density at radius 1 is 0.333 bits per heavy atom. The molecular formula is C62H113BrO6. The highest BCUT2D eigenvalue weighted by Gasteiger charge is 2.37. The van der Waals surface area contributed by atoms with Gasteiger partial charge in [-0.2, -0.15) is 0 Å². The molecule has 3 fully saturated rings. The number of carbonyl (C=O) groups is 3. The van der Waals surface area contributed by atoms with Crippen molar-refractivity contribution in [2.45, 2.75) is 310 Å². The van der Waals surface area contributed by atoms with Gasteiger partial charge in [-0.15, -0.1) is 0 Å². The second kappa shape index (κ2) is 41.3. The Morgan fingerprint density at radius 3 is 0.754 bits per heavy atom. The first-order chi connectivity index (χ1) is 33.8. The van der Waals surface area contributed by atoms with Crippen LogP contribution in [0.2, 0.25) is 0 Å². The van der Waals surface area contributed by atoms with Crippen LogP contribution in [0.15, 0.2) is 0 Å². The van der Waals surface area contributed by atoms with Gasteiger partial charge in [0.05, 0.1) is 5.41 Å². The van der Waals surface area contributed by atoms with Crippen molar-refractivity contribution in [3.8, 4) is 0 Å². The van der Waals surface area contributed by atoms with Crippen molar-refractivity contribution in [2.24, 2.45) is 40.9 Å². The minimum Gasteiger partial charge on any atom is -0.465 e. The predicted molar refractivity (Wildman–Crippen MR) is 295 cm³/mol. The van der Waals surface area contributed by atoms with Crippen LogP contribution in [0.3, 0.4) is 0 Å². The van der Waals surface area contributed by atoms with E-state index in [0.29, 0.717) is 24.6 Å². The topological polar surface area (TPSA) is 78.9 Å². The molecule has 3 aliphatic carbocycles. The van der Waals surface area contributed by atoms with Crippen LogP contribution in [0.1, 0.15) is 310 Å². The number of rotatable bonds is 52. The third-order valence-corrected chi connectivity index (χ3v) is 18.0. The smallest absolute Gasteiger partial charge is 0.305 e. The SMILES string of the molecule is CCCCCCCCC1CC1CCCCCCCC(=O)OCC(CBr)(COC(=O)CCCCCCCC1CC1CCCCCCCC)COC(=O)CCCCCCCC1CC1CCCCCCCC. The van der Waals surface area contributed by atoms with Gasteiger partial charge in [0, 0.05) is 24.6 Å². The lowest BCUT2D eigenvalue weighted by molar-refractivity contribution is -0.160. The molecule has 3 saturated carbocycles. The fourth-order valence-electron chi connectivity index (χ4n) is 11.4. The molecule has 6 unspecified atom stereocenters. The van der Waals surface area contributed by atoms with Crippen molar-refractivity contribution >= 4 is 33.8 Å². The zero-order valence-electron chi connectivity index (χ0n) is 45.9. The summed E-state index contributed by atoms with van der Waals surface area (Å²) in [6.45, 7) is 7.03. The van der Waals surface area contributed by atoms with Gasteiger partial charge >= 0.3 is 17.9 Å². The maximum Gasteiger partial charge on any atom is 0.305 e. The van der Waals surface area contributed by atoms with Gasteiger partial charge in [0.2, 0.25) is 0 Å². The van der Waals surface area contributed by atoms with Crippen molar-refractivity contribution in [1.29, 1.82) is 0 Å². The molecule has 0 amide bonds. The van der Waals surface area contributed by atoms with Crippen LogP contribution in [0.4, 0.5) is 0 Å². The van der Waals surface area contributed by atoms with Gasteiger partial charge in [0.1, 0.15) is 19.8 Å². The fourth-order valence-corrected chi connectivity index (χ4v) is 11.9. The molecular weight excluding hydrogens is 921 g/mol. The second-order valence-electron chi connectivity index (χ2n) is 23.5. The van der Waals surface area contributed by atoms with Crippen molar-refractivity contribution in [2.75, 3.05) is 25.2 Å². The predicted octanol–water partition coefficient (Wildman–Crippen LogP) is 19.3. The maximum absolute atomic E-state index is 13.0. The lowest BCUT2D eigenvalue weighted by Crippen LogP contribution is -2.41. The summed E-state index contributed by atoms with van der Waals surface area (Å²) in [5.74, 6) is 5.25. The minimum atomic E-state index is -0.817. The molecule has 0 radical (unpaired) electrons. The van der Waals surface area contributed by atoms with Crippen LogP contribution in [0, 0.1) is 40.9 Å². The van der Waals surface area contributed by atoms with E-state index in [4.69, 9.17) is 14.2 Å². The Hall–Kier alpha value is -1.11. The first kappa shape index (κ1) is 62.2. The molecule has 0 bridgehead atoms. The standard InChI is InChI=1S/C62H113BrO6/c1-4-7-10-13-19-28-37-53-46-56(53)40-31-22-16-25-34-43-59(64)67-50-62(49-63,51-68-60(65)44-35-26-17-23-32-41-57-47-54(57)38-29-20-14-11-8-5-2)52-69-61(66)45-36-27-18-24-33-42-58-48-55(58)39-30-21-15-12-9-6-3/h53-58H,4-52H2,1-3H3. The van der Waals surface area contributed by atoms with E-state index in [1.54, 1.807) is 0 Å². The summed E-state index contributed by atoms with van der Waals surface area (Å²) in [7, 11) is 0. The van der Waals surface area contributed by atoms with Crippen LogP contribution in [0.5, 0.6) is 0 Å². The summed E-state index contributed by atoms with van der Waals surface area (Å²) in [5.41, 5.74) is -0.817. The van der Waals surface area contributed by atoms with Gasteiger partial charge in [-0.25, -0.2) is 0 Å². The average molecular weight is 1030 g/mol. The van der Waals surface area contributed by atoms with Gasteiger partial charge in [-0.3, -0.25) is 14.4 Å². The third kappa shape index (κ3) is 33.4. The van der Waals surface area contributed by atoms with E-state index < -0.39 is 5.41 Å². The largest absolute Gasteiger partial charge is 0.465 e. The molecule has 0 N–H and O–H groups in total. The van der Waals surface area contributed by atoms with E-state index in [9.17, 15) is 14.4 Å². The van der Waals surface area contributed by atoms with E-state index in [0.717, 1.165) is 74.0 Å². The molecule has 0 aliphatic heterocycles. The van der Waals surface area contributed by atoms with Crippen LogP contribution >= 0.6 is 15.9 Å². The summed E-state index contributed by atoms with van der Waals surface area (Å²) in [6, 6.07) is 0. The molecule has 0 aromatic carbocycles. The van der Waals surface area contributed by atoms with Crippen LogP contribution in [-0.2, 0) is 28.6 Å². The van der Waals surface area contributed by atoms with Gasteiger partial charge in [0.15, 0.2) is 0 Å². The summed E-state index contributed by atoms with van der Waals surface area (Å²) in [4.78, 5) is 39.0. The summed E-state index contributed by atoms with van der Waals surface area (Å²) in [5, 5.41) is 0.399. The summed E-state index contributed by atoms with van der Waals surface area (Å²) in [6.07, 6.45) is 56.0. The highest BCUT2D eigenvalue weighted by atomic mass is 79.9. The molecule has 404 valence electrons. The van der Waals surface area contributed by atoms with E-state index in [1.165, 1.54) is 231 Å². The number of carbonyl (C=O) groups excluding carboxylic acids is 3. The first-order valence-electron chi connectivity index (χ1n) is 30.9. The number of halogens is 1. The lowest BCUT2D eigenvalue weighted by Gasteiger charge is -2.30. The molecule has 0 heterocycles. The number of alkyl halides is 1. The average Bonchev–Trinajstić information content (AvgIpc) is 4.30. The zero-order chi connectivity index (χ0) is 49.5. The zero-order valence-corrected chi connectivity index (χ0v) is 47.5. The summed E-state index contributed by atoms with van der Waals surface area (Å²) < 4.78 is 17.6. The number of unbranched alkanes of at least 4 members (excludes halogenated alkanes) is 27. The Morgan fingerprint density at radius 2 is 0.536 bits per heavy atom. The van der Waals surface area contributed by atoms with Crippen molar-refractivity contribution in [3.63, 3.8) is 0 Å². The Bertz CT molecular complexity index is 1110. The maximum atomic E-state index is 13.0. The third-order valence-electron chi connectivity index (χ3n) is 16.8. The van der Waals surface area contributed by atoms with Crippen molar-refractivity contribution in [1.82, 2.24) is 0 Å². The van der Waals surface area contributed by atoms with Gasteiger partial charge < -0.3 is 14.2 Å². The summed E-state index contributed by atoms with van der Waals surface area (Å²) >= 11 is 3.64. The molecule has 0 saturated heterocycles. The van der Waals surface area contributed by atoms with E-state index in [2.05, 4.69) is 36.7 Å². The number of hydrogen-bond donors (Lipinski definition) is 0. The van der Waals surface area contributed by atoms with E-state index in [-0.39, 0.29) is 37.7 Å². The minimum absolute atomic E-state index is 0.0561. The number of hydrogen-bond acceptors (Lipinski definition) is 6. The van der Waals surface area contributed by atoms with Crippen LogP contribution in [-0.4, -0.2) is 43.1 Å². The Labute approximate surface area is 436 Å². The molecule has 3 aliphatic rings. The Balaban J connectivity index is 1.27. The second-order valence-corrected chi connectivity index (χ2v) is 24.0. The first-order valence-corrected chi connectivity index (χ1v) is 32.0. The van der Waals surface area contributed by atoms with Gasteiger partial charge in [-0.1, -0.05) is 268 Å². The molecule has 3 rings (SSSR count). The molecule has 69 heavy (non-hydrogen) atoms. The molecule has 0 spiro atoms. The lowest BCUT2D eigenvalue weighted by atomic mass is 9.94. The quantitative estimate of drug-likeness (QED) is 0.0261. The van der Waals surface area contributed by atoms with Crippen molar-refractivity contribution in [3.05, 3.63) is 0 Å². The number of ether oxygens (including phenoxy) is 3.